The average Bonchev–Trinajstić information content (AvgIpc) is 3.74. The first-order valence-electron chi connectivity index (χ1n) is 11.1. The fraction of sp³-hybridized carbons (Fsp3) is 0.0667. The van der Waals surface area contributed by atoms with Crippen LogP contribution in [0.3, 0.4) is 0 Å². The molecule has 0 bridgehead atoms. The summed E-state index contributed by atoms with van der Waals surface area (Å²) in [6.45, 7) is 0. The predicted octanol–water partition coefficient (Wildman–Crippen LogP) is 7.27. The summed E-state index contributed by atoms with van der Waals surface area (Å²) in [5.74, 6) is 0. The Hall–Kier alpha value is -3.33. The fourth-order valence-corrected chi connectivity index (χ4v) is 6.98. The second-order valence-electron chi connectivity index (χ2n) is 9.13. The Labute approximate surface area is 188 Å². The maximum atomic E-state index is 13.9. The molecule has 32 heavy (non-hydrogen) atoms. The molecule has 8 rings (SSSR count). The Morgan fingerprint density at radius 1 is 0.469 bits per heavy atom. The predicted molar refractivity (Wildman–Crippen MR) is 133 cm³/mol. The average molecular weight is 427 g/mol. The molecule has 2 aliphatic rings. The highest BCUT2D eigenvalue weighted by atomic mass is 32.2. The SMILES string of the molecule is [O-][S+](c1cc2cc3ccccc3cc2c2c1C2)c1cc2cc3ccccc3cc2c2c1C2. The minimum Gasteiger partial charge on any atom is -0.606 e. The van der Waals surface area contributed by atoms with Gasteiger partial charge in [0.2, 0.25) is 0 Å². The summed E-state index contributed by atoms with van der Waals surface area (Å²) < 4.78 is 13.9. The molecule has 2 heteroatoms. The smallest absolute Gasteiger partial charge is 0.162 e. The summed E-state index contributed by atoms with van der Waals surface area (Å²) >= 11 is -1.15. The van der Waals surface area contributed by atoms with Crippen LogP contribution in [0.2, 0.25) is 0 Å². The highest BCUT2D eigenvalue weighted by molar-refractivity contribution is 7.91. The van der Waals surface area contributed by atoms with E-state index in [4.69, 9.17) is 0 Å². The molecule has 6 aromatic carbocycles. The lowest BCUT2D eigenvalue weighted by Crippen LogP contribution is -2.03. The fourth-order valence-electron chi connectivity index (χ4n) is 5.44. The van der Waals surface area contributed by atoms with Gasteiger partial charge in [0.1, 0.15) is 0 Å². The monoisotopic (exact) mass is 426 g/mol. The quantitative estimate of drug-likeness (QED) is 0.210. The van der Waals surface area contributed by atoms with Crippen molar-refractivity contribution in [3.05, 3.63) is 107 Å². The van der Waals surface area contributed by atoms with Crippen LogP contribution >= 0.6 is 0 Å². The van der Waals surface area contributed by atoms with E-state index in [1.807, 2.05) is 0 Å². The molecule has 0 radical (unpaired) electrons. The van der Waals surface area contributed by atoms with Crippen molar-refractivity contribution in [2.75, 3.05) is 0 Å². The summed E-state index contributed by atoms with van der Waals surface area (Å²) in [6.07, 6.45) is 1.92. The second kappa shape index (κ2) is 5.92. The van der Waals surface area contributed by atoms with Crippen LogP contribution < -0.4 is 0 Å². The molecule has 0 saturated carbocycles. The number of hydrogen-bond donors (Lipinski definition) is 0. The molecule has 0 atom stereocenters. The largest absolute Gasteiger partial charge is 0.606 e. The zero-order valence-corrected chi connectivity index (χ0v) is 18.1. The summed E-state index contributed by atoms with van der Waals surface area (Å²) in [4.78, 5) is 2.02. The van der Waals surface area contributed by atoms with Crippen LogP contribution in [-0.4, -0.2) is 4.55 Å². The van der Waals surface area contributed by atoms with Gasteiger partial charge in [0.25, 0.3) is 0 Å². The Balaban J connectivity index is 1.31. The highest BCUT2D eigenvalue weighted by Crippen LogP contribution is 2.48. The molecule has 0 aliphatic heterocycles. The van der Waals surface area contributed by atoms with Gasteiger partial charge < -0.3 is 4.55 Å². The summed E-state index contributed by atoms with van der Waals surface area (Å²) in [7, 11) is 0. The van der Waals surface area contributed by atoms with Crippen LogP contribution in [0, 0.1) is 0 Å². The lowest BCUT2D eigenvalue weighted by atomic mass is 10.0. The molecule has 0 heterocycles. The van der Waals surface area contributed by atoms with Crippen molar-refractivity contribution in [3.63, 3.8) is 0 Å². The van der Waals surface area contributed by atoms with Gasteiger partial charge in [0.05, 0.1) is 0 Å². The van der Waals surface area contributed by atoms with Crippen LogP contribution in [0.4, 0.5) is 0 Å². The number of hydrogen-bond acceptors (Lipinski definition) is 1. The van der Waals surface area contributed by atoms with Crippen LogP contribution in [0.1, 0.15) is 22.3 Å². The van der Waals surface area contributed by atoms with Gasteiger partial charge in [-0.2, -0.15) is 0 Å². The molecule has 0 fully saturated rings. The first kappa shape index (κ1) is 17.3. The van der Waals surface area contributed by atoms with E-state index in [1.54, 1.807) is 0 Å². The normalized spacial score (nSPS) is 13.8. The van der Waals surface area contributed by atoms with Gasteiger partial charge in [-0.1, -0.05) is 48.5 Å². The van der Waals surface area contributed by atoms with E-state index in [0.717, 1.165) is 22.6 Å². The molecule has 150 valence electrons. The molecule has 0 unspecified atom stereocenters. The molecule has 2 aliphatic carbocycles. The number of benzene rings is 6. The summed E-state index contributed by atoms with van der Waals surface area (Å²) in [6, 6.07) is 30.5. The minimum absolute atomic E-state index is 0.962. The van der Waals surface area contributed by atoms with Crippen molar-refractivity contribution >= 4 is 54.3 Å². The Morgan fingerprint density at radius 3 is 1.31 bits per heavy atom. The molecule has 0 amide bonds. The van der Waals surface area contributed by atoms with Gasteiger partial charge in [0, 0.05) is 47.3 Å². The zero-order chi connectivity index (χ0) is 21.0. The van der Waals surface area contributed by atoms with Crippen molar-refractivity contribution in [1.82, 2.24) is 0 Å². The summed E-state index contributed by atoms with van der Waals surface area (Å²) in [5, 5.41) is 10.1. The summed E-state index contributed by atoms with van der Waals surface area (Å²) in [5.41, 5.74) is 5.34. The molecule has 0 aromatic heterocycles. The minimum atomic E-state index is -1.15. The second-order valence-corrected chi connectivity index (χ2v) is 10.5. The van der Waals surface area contributed by atoms with E-state index in [2.05, 4.69) is 84.9 Å². The number of fused-ring (bicyclic) bond motifs is 8. The van der Waals surface area contributed by atoms with E-state index in [9.17, 15) is 4.55 Å². The van der Waals surface area contributed by atoms with Crippen molar-refractivity contribution in [2.24, 2.45) is 0 Å². The van der Waals surface area contributed by atoms with Crippen LogP contribution in [0.25, 0.3) is 43.1 Å². The van der Waals surface area contributed by atoms with E-state index in [1.165, 1.54) is 65.3 Å². The topological polar surface area (TPSA) is 23.1 Å². The third kappa shape index (κ3) is 2.34. The van der Waals surface area contributed by atoms with Crippen molar-refractivity contribution in [1.29, 1.82) is 0 Å². The molecule has 0 spiro atoms. The van der Waals surface area contributed by atoms with E-state index < -0.39 is 11.2 Å². The van der Waals surface area contributed by atoms with Gasteiger partial charge in [-0.15, -0.1) is 0 Å². The lowest BCUT2D eigenvalue weighted by Gasteiger charge is -2.12. The molecule has 0 N–H and O–H groups in total. The Bertz CT molecular complexity index is 1660. The molecular weight excluding hydrogens is 408 g/mol. The Morgan fingerprint density at radius 2 is 0.875 bits per heavy atom. The molecule has 6 aromatic rings. The van der Waals surface area contributed by atoms with Crippen molar-refractivity contribution in [3.8, 4) is 0 Å². The van der Waals surface area contributed by atoms with E-state index in [0.29, 0.717) is 0 Å². The van der Waals surface area contributed by atoms with Gasteiger partial charge in [0.15, 0.2) is 9.79 Å². The lowest BCUT2D eigenvalue weighted by molar-refractivity contribution is 0.595. The first-order chi connectivity index (χ1) is 15.7. The van der Waals surface area contributed by atoms with Crippen molar-refractivity contribution in [2.45, 2.75) is 22.6 Å². The maximum Gasteiger partial charge on any atom is 0.162 e. The third-order valence-electron chi connectivity index (χ3n) is 7.24. The maximum absolute atomic E-state index is 13.9. The molecule has 0 saturated heterocycles. The Kier molecular flexibility index (Phi) is 3.19. The van der Waals surface area contributed by atoms with Crippen molar-refractivity contribution < 1.29 is 4.55 Å². The first-order valence-corrected chi connectivity index (χ1v) is 12.3. The standard InChI is InChI=1S/C30H18OS/c31-32(29-13-21-9-17-5-1-3-7-19(17)11-23(21)25-15-27(25)29)30-14-22-10-18-6-2-4-8-20(18)12-24(22)26-16-28(26)30/h1-14H,15-16H2. The highest BCUT2D eigenvalue weighted by Gasteiger charge is 2.37. The number of rotatable bonds is 2. The zero-order valence-electron chi connectivity index (χ0n) is 17.3. The molecule has 1 nitrogen and oxygen atoms in total. The van der Waals surface area contributed by atoms with Gasteiger partial charge >= 0.3 is 0 Å². The van der Waals surface area contributed by atoms with Crippen LogP contribution in [-0.2, 0) is 24.0 Å². The van der Waals surface area contributed by atoms with Gasteiger partial charge in [-0.05, 0) is 78.5 Å². The molecular formula is C30H18OS. The third-order valence-corrected chi connectivity index (χ3v) is 8.77. The van der Waals surface area contributed by atoms with E-state index in [-0.39, 0.29) is 0 Å². The van der Waals surface area contributed by atoms with Gasteiger partial charge in [-0.3, -0.25) is 0 Å². The van der Waals surface area contributed by atoms with Crippen LogP contribution in [0.5, 0.6) is 0 Å². The van der Waals surface area contributed by atoms with Gasteiger partial charge in [-0.25, -0.2) is 0 Å². The van der Waals surface area contributed by atoms with E-state index >= 15 is 0 Å². The van der Waals surface area contributed by atoms with Crippen LogP contribution in [0.15, 0.2) is 94.7 Å².